The number of thiazole rings is 1. The number of nitrogens with one attached hydrogen (secondary N) is 1. The summed E-state index contributed by atoms with van der Waals surface area (Å²) in [5, 5.41) is 14.9. The molecule has 0 spiro atoms. The van der Waals surface area contributed by atoms with Crippen LogP contribution in [0.5, 0.6) is 5.75 Å². The first-order valence-electron chi connectivity index (χ1n) is 7.67. The number of benzene rings is 1. The van der Waals surface area contributed by atoms with Crippen molar-refractivity contribution in [2.45, 2.75) is 38.9 Å². The highest BCUT2D eigenvalue weighted by Crippen LogP contribution is 2.16. The van der Waals surface area contributed by atoms with Crippen LogP contribution >= 0.6 is 11.3 Å². The number of carbonyl (C=O) groups excluding carboxylic acids is 1. The fourth-order valence-corrected chi connectivity index (χ4v) is 2.56. The van der Waals surface area contributed by atoms with Crippen molar-refractivity contribution in [3.63, 3.8) is 0 Å². The molecule has 0 fully saturated rings. The molecule has 1 aromatic carbocycles. The molecule has 0 bridgehead atoms. The molecule has 0 aliphatic rings. The zero-order valence-electron chi connectivity index (χ0n) is 13.4. The number of rotatable bonds is 8. The van der Waals surface area contributed by atoms with Crippen LogP contribution < -0.4 is 10.1 Å². The Morgan fingerprint density at radius 2 is 2.00 bits per heavy atom. The average molecular weight is 334 g/mol. The van der Waals surface area contributed by atoms with Crippen LogP contribution in [0, 0.1) is 0 Å². The van der Waals surface area contributed by atoms with E-state index >= 15 is 0 Å². The van der Waals surface area contributed by atoms with Crippen molar-refractivity contribution >= 4 is 17.2 Å². The Morgan fingerprint density at radius 1 is 1.30 bits per heavy atom. The van der Waals surface area contributed by atoms with Crippen molar-refractivity contribution in [1.82, 2.24) is 10.3 Å². The van der Waals surface area contributed by atoms with Crippen molar-refractivity contribution in [2.75, 3.05) is 6.54 Å². The largest absolute Gasteiger partial charge is 0.487 e. The Bertz CT molecular complexity index is 607. The number of hydrogen-bond donors (Lipinski definition) is 2. The van der Waals surface area contributed by atoms with Gasteiger partial charge in [-0.1, -0.05) is 13.8 Å². The average Bonchev–Trinajstić information content (AvgIpc) is 3.11. The lowest BCUT2D eigenvalue weighted by Crippen LogP contribution is -2.42. The normalized spacial score (nSPS) is 11.3. The van der Waals surface area contributed by atoms with Crippen molar-refractivity contribution in [1.29, 1.82) is 0 Å². The first kappa shape index (κ1) is 17.4. The van der Waals surface area contributed by atoms with Crippen LogP contribution in [0.3, 0.4) is 0 Å². The maximum absolute atomic E-state index is 12.1. The lowest BCUT2D eigenvalue weighted by molar-refractivity contribution is 0.0314. The first-order valence-corrected chi connectivity index (χ1v) is 8.61. The van der Waals surface area contributed by atoms with E-state index in [0.29, 0.717) is 30.8 Å². The number of hydrogen-bond acceptors (Lipinski definition) is 5. The molecule has 0 aliphatic heterocycles. The maximum Gasteiger partial charge on any atom is 0.251 e. The molecule has 2 N–H and O–H groups in total. The molecule has 0 unspecified atom stereocenters. The van der Waals surface area contributed by atoms with Gasteiger partial charge in [0.2, 0.25) is 0 Å². The summed E-state index contributed by atoms with van der Waals surface area (Å²) in [6.07, 6.45) is 1.21. The summed E-state index contributed by atoms with van der Waals surface area (Å²) in [6.45, 7) is 4.48. The van der Waals surface area contributed by atoms with Crippen LogP contribution in [0.2, 0.25) is 0 Å². The monoisotopic (exact) mass is 334 g/mol. The second kappa shape index (κ2) is 8.08. The van der Waals surface area contributed by atoms with Crippen LogP contribution in [0.25, 0.3) is 0 Å². The predicted octanol–water partition coefficient (Wildman–Crippen LogP) is 3.00. The summed E-state index contributed by atoms with van der Waals surface area (Å²) < 4.78 is 5.61. The van der Waals surface area contributed by atoms with Gasteiger partial charge in [-0.05, 0) is 37.1 Å². The van der Waals surface area contributed by atoms with Gasteiger partial charge in [0.1, 0.15) is 12.4 Å². The summed E-state index contributed by atoms with van der Waals surface area (Å²) in [5.74, 6) is 0.490. The standard InChI is InChI=1S/C17H22N2O3S/c1-3-17(21,4-2)11-18-16(20)13-5-7-15(8-6-13)22-9-14-10-23-12-19-14/h5-8,10,12,21H,3-4,9,11H2,1-2H3,(H,18,20). The fourth-order valence-electron chi connectivity index (χ4n) is 2.02. The van der Waals surface area contributed by atoms with Gasteiger partial charge in [0, 0.05) is 17.5 Å². The molecule has 5 nitrogen and oxygen atoms in total. The smallest absolute Gasteiger partial charge is 0.251 e. The van der Waals surface area contributed by atoms with Gasteiger partial charge in [-0.25, -0.2) is 4.98 Å². The van der Waals surface area contributed by atoms with Crippen LogP contribution in [0.1, 0.15) is 42.7 Å². The van der Waals surface area contributed by atoms with Crippen molar-refractivity contribution in [2.24, 2.45) is 0 Å². The maximum atomic E-state index is 12.1. The van der Waals surface area contributed by atoms with Gasteiger partial charge in [-0.3, -0.25) is 4.79 Å². The molecule has 0 atom stereocenters. The van der Waals surface area contributed by atoms with Gasteiger partial charge >= 0.3 is 0 Å². The van der Waals surface area contributed by atoms with Crippen molar-refractivity contribution < 1.29 is 14.6 Å². The molecule has 0 aliphatic carbocycles. The van der Waals surface area contributed by atoms with Gasteiger partial charge in [0.25, 0.3) is 5.91 Å². The second-order valence-electron chi connectivity index (χ2n) is 5.41. The van der Waals surface area contributed by atoms with E-state index < -0.39 is 5.60 Å². The third kappa shape index (κ3) is 5.04. The molecule has 1 aromatic heterocycles. The Morgan fingerprint density at radius 3 is 2.57 bits per heavy atom. The SMILES string of the molecule is CCC(O)(CC)CNC(=O)c1ccc(OCc2cscn2)cc1. The molecule has 1 amide bonds. The van der Waals surface area contributed by atoms with E-state index in [9.17, 15) is 9.90 Å². The summed E-state index contributed by atoms with van der Waals surface area (Å²) in [7, 11) is 0. The summed E-state index contributed by atoms with van der Waals surface area (Å²) in [4.78, 5) is 16.3. The number of amides is 1. The van der Waals surface area contributed by atoms with E-state index in [4.69, 9.17) is 4.74 Å². The molecule has 1 heterocycles. The van der Waals surface area contributed by atoms with Crippen molar-refractivity contribution in [3.8, 4) is 5.75 Å². The van der Waals surface area contributed by atoms with Crippen LogP contribution in [0.15, 0.2) is 35.2 Å². The zero-order valence-corrected chi connectivity index (χ0v) is 14.2. The lowest BCUT2D eigenvalue weighted by atomic mass is 9.97. The number of ether oxygens (including phenoxy) is 1. The predicted molar refractivity (Wildman–Crippen MR) is 90.8 cm³/mol. The van der Waals surface area contributed by atoms with Gasteiger partial charge in [0.15, 0.2) is 0 Å². The van der Waals surface area contributed by atoms with E-state index in [0.717, 1.165) is 5.69 Å². The number of aliphatic hydroxyl groups is 1. The van der Waals surface area contributed by atoms with E-state index in [1.54, 1.807) is 29.8 Å². The molecule has 0 saturated heterocycles. The first-order chi connectivity index (χ1) is 11.1. The Hall–Kier alpha value is -1.92. The fraction of sp³-hybridized carbons (Fsp3) is 0.412. The van der Waals surface area contributed by atoms with Gasteiger partial charge in [-0.15, -0.1) is 11.3 Å². The minimum atomic E-state index is -0.841. The molecule has 124 valence electrons. The van der Waals surface area contributed by atoms with Crippen LogP contribution in [-0.4, -0.2) is 28.1 Å². The Balaban J connectivity index is 1.87. The number of nitrogens with zero attached hydrogens (tertiary/aromatic N) is 1. The minimum Gasteiger partial charge on any atom is -0.487 e. The summed E-state index contributed by atoms with van der Waals surface area (Å²) in [5.41, 5.74) is 2.35. The Kier molecular flexibility index (Phi) is 6.12. The molecule has 23 heavy (non-hydrogen) atoms. The lowest BCUT2D eigenvalue weighted by Gasteiger charge is -2.25. The quantitative estimate of drug-likeness (QED) is 0.778. The summed E-state index contributed by atoms with van der Waals surface area (Å²) >= 11 is 1.53. The third-order valence-corrected chi connectivity index (χ3v) is 4.52. The van der Waals surface area contributed by atoms with Gasteiger partial charge in [-0.2, -0.15) is 0 Å². The molecule has 2 rings (SSSR count). The molecular weight excluding hydrogens is 312 g/mol. The highest BCUT2D eigenvalue weighted by Gasteiger charge is 2.22. The minimum absolute atomic E-state index is 0.198. The highest BCUT2D eigenvalue weighted by molar-refractivity contribution is 7.07. The summed E-state index contributed by atoms with van der Waals surface area (Å²) in [6, 6.07) is 6.94. The number of carbonyl (C=O) groups is 1. The number of aromatic nitrogens is 1. The van der Waals surface area contributed by atoms with E-state index in [-0.39, 0.29) is 12.5 Å². The van der Waals surface area contributed by atoms with Gasteiger partial charge < -0.3 is 15.2 Å². The molecule has 2 aromatic rings. The zero-order chi connectivity index (χ0) is 16.7. The van der Waals surface area contributed by atoms with E-state index in [1.165, 1.54) is 11.3 Å². The Labute approximate surface area is 140 Å². The third-order valence-electron chi connectivity index (χ3n) is 3.88. The second-order valence-corrected chi connectivity index (χ2v) is 6.13. The molecule has 0 radical (unpaired) electrons. The molecule has 6 heteroatoms. The highest BCUT2D eigenvalue weighted by atomic mass is 32.1. The molecular formula is C17H22N2O3S. The van der Waals surface area contributed by atoms with Gasteiger partial charge in [0.05, 0.1) is 16.8 Å². The van der Waals surface area contributed by atoms with Crippen molar-refractivity contribution in [3.05, 3.63) is 46.4 Å². The van der Waals surface area contributed by atoms with E-state index in [1.807, 2.05) is 19.2 Å². The van der Waals surface area contributed by atoms with Crippen LogP contribution in [-0.2, 0) is 6.61 Å². The molecule has 0 saturated carbocycles. The van der Waals surface area contributed by atoms with Crippen LogP contribution in [0.4, 0.5) is 0 Å². The van der Waals surface area contributed by atoms with E-state index in [2.05, 4.69) is 10.3 Å². The topological polar surface area (TPSA) is 71.5 Å².